The number of methoxy groups -OCH3 is 2. The van der Waals surface area contributed by atoms with Crippen molar-refractivity contribution in [3.05, 3.63) is 61.9 Å². The highest BCUT2D eigenvalue weighted by Crippen LogP contribution is 2.37. The van der Waals surface area contributed by atoms with E-state index in [1.54, 1.807) is 18.2 Å². The number of hydrogen-bond donors (Lipinski definition) is 0. The van der Waals surface area contributed by atoms with E-state index < -0.39 is 14.9 Å². The Hall–Kier alpha value is -2.73. The highest BCUT2D eigenvalue weighted by Gasteiger charge is 2.33. The zero-order chi connectivity index (χ0) is 24.5. The van der Waals surface area contributed by atoms with E-state index in [0.717, 1.165) is 5.01 Å². The van der Waals surface area contributed by atoms with Crippen molar-refractivity contribution >= 4 is 38.6 Å². The van der Waals surface area contributed by atoms with Crippen LogP contribution in [0.4, 0.5) is 5.69 Å². The first-order valence-electron chi connectivity index (χ1n) is 10.4. The third-order valence-electron chi connectivity index (χ3n) is 5.75. The van der Waals surface area contributed by atoms with E-state index in [1.807, 2.05) is 5.38 Å². The molecule has 3 aromatic rings. The fourth-order valence-corrected chi connectivity index (χ4v) is 6.71. The summed E-state index contributed by atoms with van der Waals surface area (Å²) in [5, 5.41) is 14.0. The number of sulfonamides is 1. The number of thiazole rings is 1. The van der Waals surface area contributed by atoms with E-state index in [4.69, 9.17) is 21.1 Å². The molecule has 12 heteroatoms. The van der Waals surface area contributed by atoms with Crippen molar-refractivity contribution in [2.75, 3.05) is 27.3 Å². The van der Waals surface area contributed by atoms with Gasteiger partial charge in [0.15, 0.2) is 0 Å². The Bertz CT molecular complexity index is 1320. The van der Waals surface area contributed by atoms with Gasteiger partial charge in [-0.2, -0.15) is 4.31 Å². The van der Waals surface area contributed by atoms with Gasteiger partial charge >= 0.3 is 0 Å². The van der Waals surface area contributed by atoms with Crippen LogP contribution in [-0.4, -0.2) is 49.9 Å². The van der Waals surface area contributed by atoms with E-state index in [0.29, 0.717) is 42.9 Å². The van der Waals surface area contributed by atoms with Crippen molar-refractivity contribution in [2.24, 2.45) is 0 Å². The summed E-state index contributed by atoms with van der Waals surface area (Å²) >= 11 is 7.38. The molecule has 1 fully saturated rings. The molecule has 1 aliphatic rings. The minimum Gasteiger partial charge on any atom is -0.497 e. The largest absolute Gasteiger partial charge is 0.497 e. The molecular weight excluding hydrogens is 502 g/mol. The summed E-state index contributed by atoms with van der Waals surface area (Å²) in [6, 6.07) is 9.31. The normalized spacial score (nSPS) is 15.3. The molecule has 0 atom stereocenters. The Kier molecular flexibility index (Phi) is 7.08. The maximum atomic E-state index is 13.3. The van der Waals surface area contributed by atoms with E-state index >= 15 is 0 Å². The maximum absolute atomic E-state index is 13.3. The van der Waals surface area contributed by atoms with Crippen molar-refractivity contribution in [2.45, 2.75) is 23.7 Å². The van der Waals surface area contributed by atoms with Gasteiger partial charge in [0.2, 0.25) is 10.0 Å². The van der Waals surface area contributed by atoms with Crippen LogP contribution in [-0.2, 0) is 10.0 Å². The summed E-state index contributed by atoms with van der Waals surface area (Å²) in [7, 11) is -0.849. The molecule has 0 saturated carbocycles. The second-order valence-corrected chi connectivity index (χ2v) is 10.9. The average Bonchev–Trinajstić information content (AvgIpc) is 3.34. The minimum atomic E-state index is -3.76. The molecule has 4 rings (SSSR count). The lowest BCUT2D eigenvalue weighted by Crippen LogP contribution is -2.38. The molecule has 0 amide bonds. The second kappa shape index (κ2) is 9.87. The summed E-state index contributed by atoms with van der Waals surface area (Å²) in [6.07, 6.45) is 1.22. The first kappa shape index (κ1) is 24.4. The van der Waals surface area contributed by atoms with Gasteiger partial charge in [-0.15, -0.1) is 11.3 Å². The summed E-state index contributed by atoms with van der Waals surface area (Å²) in [5.41, 5.74) is 1.08. The third-order valence-corrected chi connectivity index (χ3v) is 9.00. The average molecular weight is 524 g/mol. The molecule has 9 nitrogen and oxygen atoms in total. The number of aromatic nitrogens is 1. The maximum Gasteiger partial charge on any atom is 0.288 e. The van der Waals surface area contributed by atoms with E-state index in [9.17, 15) is 18.5 Å². The van der Waals surface area contributed by atoms with Gasteiger partial charge in [0.25, 0.3) is 5.69 Å². The number of ether oxygens (including phenoxy) is 2. The number of hydrogen-bond acceptors (Lipinski definition) is 8. The Morgan fingerprint density at radius 2 is 1.88 bits per heavy atom. The van der Waals surface area contributed by atoms with Crippen LogP contribution in [0.3, 0.4) is 0 Å². The van der Waals surface area contributed by atoms with Crippen LogP contribution in [0, 0.1) is 10.1 Å². The van der Waals surface area contributed by atoms with Crippen molar-refractivity contribution in [3.8, 4) is 22.8 Å². The van der Waals surface area contributed by atoms with Crippen molar-refractivity contribution < 1.29 is 22.8 Å². The molecule has 2 heterocycles. The summed E-state index contributed by atoms with van der Waals surface area (Å²) in [4.78, 5) is 15.4. The number of halogens is 1. The molecule has 1 saturated heterocycles. The van der Waals surface area contributed by atoms with Crippen LogP contribution in [0.5, 0.6) is 11.5 Å². The van der Waals surface area contributed by atoms with Crippen LogP contribution in [0.2, 0.25) is 5.02 Å². The lowest BCUT2D eigenvalue weighted by atomic mass is 9.99. The first-order chi connectivity index (χ1) is 16.2. The van der Waals surface area contributed by atoms with Crippen molar-refractivity contribution in [3.63, 3.8) is 0 Å². The number of nitro benzene ring substituents is 1. The van der Waals surface area contributed by atoms with Gasteiger partial charge in [-0.3, -0.25) is 10.1 Å². The van der Waals surface area contributed by atoms with Crippen LogP contribution in [0.25, 0.3) is 11.3 Å². The van der Waals surface area contributed by atoms with Crippen molar-refractivity contribution in [1.82, 2.24) is 9.29 Å². The molecule has 1 aromatic heterocycles. The fourth-order valence-electron chi connectivity index (χ4n) is 3.89. The highest BCUT2D eigenvalue weighted by atomic mass is 35.5. The molecule has 0 aliphatic carbocycles. The highest BCUT2D eigenvalue weighted by molar-refractivity contribution is 7.89. The fraction of sp³-hybridized carbons (Fsp3) is 0.318. The van der Waals surface area contributed by atoms with Gasteiger partial charge in [0, 0.05) is 42.1 Å². The molecule has 2 aromatic carbocycles. The van der Waals surface area contributed by atoms with Gasteiger partial charge in [0.05, 0.1) is 29.8 Å². The Balaban J connectivity index is 1.50. The Labute approximate surface area is 206 Å². The molecule has 34 heavy (non-hydrogen) atoms. The molecule has 0 unspecified atom stereocenters. The van der Waals surface area contributed by atoms with Crippen LogP contribution in [0.1, 0.15) is 23.8 Å². The van der Waals surface area contributed by atoms with Crippen LogP contribution < -0.4 is 9.47 Å². The predicted octanol–water partition coefficient (Wildman–Crippen LogP) is 4.96. The molecule has 1 aliphatic heterocycles. The molecule has 0 spiro atoms. The third kappa shape index (κ3) is 4.74. The van der Waals surface area contributed by atoms with Gasteiger partial charge in [0.1, 0.15) is 21.4 Å². The molecular formula is C22H22ClN3O6S2. The van der Waals surface area contributed by atoms with Gasteiger partial charge in [-0.05, 0) is 31.0 Å². The quantitative estimate of drug-likeness (QED) is 0.318. The molecule has 0 N–H and O–H groups in total. The standard InChI is InChI=1S/C22H22ClN3O6S2/c1-31-16-4-6-20(32-2)21(12-16)34(29,30)25-9-7-14(8-10-25)22-24-18(13-33-22)15-3-5-17(23)19(11-15)26(27)28/h3-6,11-14H,7-10H2,1-2H3. The van der Waals surface area contributed by atoms with E-state index in [2.05, 4.69) is 4.98 Å². The summed E-state index contributed by atoms with van der Waals surface area (Å²) < 4.78 is 38.5. The number of nitro groups is 1. The molecule has 180 valence electrons. The van der Waals surface area contributed by atoms with Crippen LogP contribution >= 0.6 is 22.9 Å². The van der Waals surface area contributed by atoms with E-state index in [-0.39, 0.29) is 27.3 Å². The monoisotopic (exact) mass is 523 g/mol. The number of piperidine rings is 1. The van der Waals surface area contributed by atoms with Crippen molar-refractivity contribution in [1.29, 1.82) is 0 Å². The summed E-state index contributed by atoms with van der Waals surface area (Å²) in [6.45, 7) is 0.684. The van der Waals surface area contributed by atoms with Crippen LogP contribution in [0.15, 0.2) is 46.7 Å². The van der Waals surface area contributed by atoms with E-state index in [1.165, 1.54) is 48.1 Å². The van der Waals surface area contributed by atoms with Gasteiger partial charge < -0.3 is 9.47 Å². The first-order valence-corrected chi connectivity index (χ1v) is 13.1. The summed E-state index contributed by atoms with van der Waals surface area (Å²) in [5.74, 6) is 0.802. The zero-order valence-corrected chi connectivity index (χ0v) is 20.8. The topological polar surface area (TPSA) is 112 Å². The number of benzene rings is 2. The lowest BCUT2D eigenvalue weighted by molar-refractivity contribution is -0.384. The minimum absolute atomic E-state index is 0.0745. The SMILES string of the molecule is COc1ccc(OC)c(S(=O)(=O)N2CCC(c3nc(-c4ccc(Cl)c([N+](=O)[O-])c4)cs3)CC2)c1. The van der Waals surface area contributed by atoms with Gasteiger partial charge in [-0.1, -0.05) is 17.7 Å². The second-order valence-electron chi connectivity index (χ2n) is 7.69. The molecule has 0 bridgehead atoms. The Morgan fingerprint density at radius 3 is 2.53 bits per heavy atom. The number of rotatable bonds is 7. The zero-order valence-electron chi connectivity index (χ0n) is 18.4. The Morgan fingerprint density at radius 1 is 1.15 bits per heavy atom. The lowest BCUT2D eigenvalue weighted by Gasteiger charge is -2.30. The van der Waals surface area contributed by atoms with Gasteiger partial charge in [-0.25, -0.2) is 13.4 Å². The number of nitrogens with zero attached hydrogens (tertiary/aromatic N) is 3. The smallest absolute Gasteiger partial charge is 0.288 e. The predicted molar refractivity (Wildman–Crippen MR) is 129 cm³/mol. The molecule has 0 radical (unpaired) electrons.